The zero-order valence-electron chi connectivity index (χ0n) is 8.74. The van der Waals surface area contributed by atoms with Crippen LogP contribution in [0.3, 0.4) is 0 Å². The van der Waals surface area contributed by atoms with Gasteiger partial charge in [-0.2, -0.15) is 0 Å². The molecule has 1 aromatic rings. The summed E-state index contributed by atoms with van der Waals surface area (Å²) < 4.78 is 6.39. The van der Waals surface area contributed by atoms with Gasteiger partial charge < -0.3 is 10.1 Å². The van der Waals surface area contributed by atoms with Crippen molar-refractivity contribution in [2.75, 3.05) is 11.9 Å². The molecular formula is C11H15BrN2O. The van der Waals surface area contributed by atoms with Crippen molar-refractivity contribution in [2.45, 2.75) is 31.9 Å². The zero-order valence-corrected chi connectivity index (χ0v) is 10.3. The van der Waals surface area contributed by atoms with E-state index in [1.807, 2.05) is 12.1 Å². The van der Waals surface area contributed by atoms with Gasteiger partial charge in [0.2, 0.25) is 0 Å². The van der Waals surface area contributed by atoms with Crippen LogP contribution in [0.4, 0.5) is 5.69 Å². The molecule has 2 heterocycles. The molecule has 0 aromatic carbocycles. The van der Waals surface area contributed by atoms with Crippen molar-refractivity contribution in [1.29, 1.82) is 0 Å². The van der Waals surface area contributed by atoms with E-state index in [1.165, 1.54) is 0 Å². The van der Waals surface area contributed by atoms with Gasteiger partial charge in [0, 0.05) is 18.8 Å². The molecule has 4 heteroatoms. The van der Waals surface area contributed by atoms with Gasteiger partial charge >= 0.3 is 0 Å². The van der Waals surface area contributed by atoms with E-state index in [9.17, 15) is 0 Å². The van der Waals surface area contributed by atoms with Crippen LogP contribution in [0.2, 0.25) is 0 Å². The van der Waals surface area contributed by atoms with E-state index in [-0.39, 0.29) is 0 Å². The number of nitrogens with one attached hydrogen (secondary N) is 1. The summed E-state index contributed by atoms with van der Waals surface area (Å²) in [6.45, 7) is 2.96. The molecule has 2 atom stereocenters. The number of anilines is 1. The number of ether oxygens (including phenoxy) is 1. The maximum absolute atomic E-state index is 5.51. The average Bonchev–Trinajstić information content (AvgIpc) is 2.22. The quantitative estimate of drug-likeness (QED) is 0.840. The van der Waals surface area contributed by atoms with Gasteiger partial charge in [-0.25, -0.2) is 4.98 Å². The van der Waals surface area contributed by atoms with Crippen molar-refractivity contribution in [2.24, 2.45) is 0 Å². The third kappa shape index (κ3) is 2.92. The molecule has 1 saturated heterocycles. The molecule has 82 valence electrons. The van der Waals surface area contributed by atoms with Crippen molar-refractivity contribution < 1.29 is 4.74 Å². The van der Waals surface area contributed by atoms with Crippen LogP contribution in [0.5, 0.6) is 0 Å². The molecule has 0 saturated carbocycles. The van der Waals surface area contributed by atoms with Crippen LogP contribution in [0.15, 0.2) is 22.9 Å². The van der Waals surface area contributed by atoms with E-state index in [1.54, 1.807) is 6.20 Å². The predicted molar refractivity (Wildman–Crippen MR) is 64.0 cm³/mol. The molecule has 1 aromatic heterocycles. The summed E-state index contributed by atoms with van der Waals surface area (Å²) >= 11 is 3.43. The van der Waals surface area contributed by atoms with Crippen molar-refractivity contribution in [3.05, 3.63) is 22.9 Å². The largest absolute Gasteiger partial charge is 0.380 e. The van der Waals surface area contributed by atoms with E-state index < -0.39 is 0 Å². The Morgan fingerprint density at radius 1 is 1.60 bits per heavy atom. The van der Waals surface area contributed by atoms with E-state index >= 15 is 0 Å². The number of hydrogen-bond donors (Lipinski definition) is 1. The van der Waals surface area contributed by atoms with Crippen LogP contribution in [0.25, 0.3) is 0 Å². The first kappa shape index (κ1) is 10.9. The Kier molecular flexibility index (Phi) is 3.59. The van der Waals surface area contributed by atoms with E-state index in [2.05, 4.69) is 33.2 Å². The third-order valence-electron chi connectivity index (χ3n) is 2.60. The summed E-state index contributed by atoms with van der Waals surface area (Å²) in [4.78, 5) is 4.19. The summed E-state index contributed by atoms with van der Waals surface area (Å²) in [5, 5.41) is 3.49. The normalized spacial score (nSPS) is 26.3. The zero-order chi connectivity index (χ0) is 10.7. The number of rotatable bonds is 2. The highest BCUT2D eigenvalue weighted by Crippen LogP contribution is 2.23. The highest BCUT2D eigenvalue weighted by atomic mass is 79.9. The van der Waals surface area contributed by atoms with Gasteiger partial charge in [-0.3, -0.25) is 0 Å². The van der Waals surface area contributed by atoms with E-state index in [0.29, 0.717) is 12.1 Å². The molecule has 2 unspecified atom stereocenters. The van der Waals surface area contributed by atoms with Crippen molar-refractivity contribution >= 4 is 21.6 Å². The lowest BCUT2D eigenvalue weighted by molar-refractivity contribution is 0.0232. The first-order chi connectivity index (χ1) is 7.25. The minimum atomic E-state index is 0.353. The lowest BCUT2D eigenvalue weighted by Gasteiger charge is -2.28. The fourth-order valence-electron chi connectivity index (χ4n) is 1.84. The van der Waals surface area contributed by atoms with Gasteiger partial charge in [0.05, 0.1) is 11.8 Å². The van der Waals surface area contributed by atoms with Crippen LogP contribution >= 0.6 is 15.9 Å². The van der Waals surface area contributed by atoms with Gasteiger partial charge in [-0.15, -0.1) is 0 Å². The number of aromatic nitrogens is 1. The second kappa shape index (κ2) is 4.94. The van der Waals surface area contributed by atoms with Gasteiger partial charge in [0.25, 0.3) is 0 Å². The van der Waals surface area contributed by atoms with Crippen molar-refractivity contribution in [3.63, 3.8) is 0 Å². The smallest absolute Gasteiger partial charge is 0.129 e. The summed E-state index contributed by atoms with van der Waals surface area (Å²) in [5.41, 5.74) is 1.07. The molecule has 1 aliphatic heterocycles. The molecule has 15 heavy (non-hydrogen) atoms. The first-order valence-electron chi connectivity index (χ1n) is 5.24. The fraction of sp³-hybridized carbons (Fsp3) is 0.545. The topological polar surface area (TPSA) is 34.2 Å². The Hall–Kier alpha value is -0.610. The van der Waals surface area contributed by atoms with Crippen LogP contribution in [-0.4, -0.2) is 23.7 Å². The Morgan fingerprint density at radius 2 is 2.47 bits per heavy atom. The molecule has 0 spiro atoms. The maximum Gasteiger partial charge on any atom is 0.129 e. The van der Waals surface area contributed by atoms with Gasteiger partial charge in [0.15, 0.2) is 0 Å². The number of halogens is 1. The van der Waals surface area contributed by atoms with E-state index in [0.717, 1.165) is 29.7 Å². The second-order valence-corrected chi connectivity index (χ2v) is 4.64. The summed E-state index contributed by atoms with van der Waals surface area (Å²) in [6, 6.07) is 4.47. The minimum Gasteiger partial charge on any atom is -0.380 e. The molecule has 0 radical (unpaired) electrons. The van der Waals surface area contributed by atoms with E-state index in [4.69, 9.17) is 4.74 Å². The van der Waals surface area contributed by atoms with Crippen molar-refractivity contribution in [3.8, 4) is 0 Å². The van der Waals surface area contributed by atoms with Gasteiger partial charge in [-0.05, 0) is 47.8 Å². The minimum absolute atomic E-state index is 0.353. The second-order valence-electron chi connectivity index (χ2n) is 3.89. The molecule has 0 amide bonds. The maximum atomic E-state index is 5.51. The Balaban J connectivity index is 1.99. The van der Waals surface area contributed by atoms with Gasteiger partial charge in [-0.1, -0.05) is 0 Å². The highest BCUT2D eigenvalue weighted by Gasteiger charge is 2.19. The molecule has 1 N–H and O–H groups in total. The molecular weight excluding hydrogens is 256 g/mol. The van der Waals surface area contributed by atoms with Crippen LogP contribution < -0.4 is 5.32 Å². The molecule has 0 aliphatic carbocycles. The number of hydrogen-bond acceptors (Lipinski definition) is 3. The summed E-state index contributed by atoms with van der Waals surface area (Å²) in [6.07, 6.45) is 4.25. The SMILES string of the molecule is CC1CC(Nc2cccnc2Br)CCO1. The monoisotopic (exact) mass is 270 g/mol. The molecule has 1 aliphatic rings. The highest BCUT2D eigenvalue weighted by molar-refractivity contribution is 9.10. The molecule has 1 fully saturated rings. The Labute approximate surface area is 98.4 Å². The average molecular weight is 271 g/mol. The molecule has 0 bridgehead atoms. The van der Waals surface area contributed by atoms with Crippen LogP contribution in [0, 0.1) is 0 Å². The predicted octanol–water partition coefficient (Wildman–Crippen LogP) is 2.82. The van der Waals surface area contributed by atoms with Gasteiger partial charge in [0.1, 0.15) is 4.60 Å². The molecule has 3 nitrogen and oxygen atoms in total. The first-order valence-corrected chi connectivity index (χ1v) is 6.03. The van der Waals surface area contributed by atoms with Crippen LogP contribution in [0.1, 0.15) is 19.8 Å². The lowest BCUT2D eigenvalue weighted by atomic mass is 10.0. The lowest BCUT2D eigenvalue weighted by Crippen LogP contribution is -2.32. The summed E-state index contributed by atoms with van der Waals surface area (Å²) in [7, 11) is 0. The fourth-order valence-corrected chi connectivity index (χ4v) is 2.21. The Morgan fingerprint density at radius 3 is 3.20 bits per heavy atom. The van der Waals surface area contributed by atoms with Crippen LogP contribution in [-0.2, 0) is 4.74 Å². The third-order valence-corrected chi connectivity index (χ3v) is 3.24. The Bertz CT molecular complexity index is 332. The van der Waals surface area contributed by atoms with Crippen molar-refractivity contribution in [1.82, 2.24) is 4.98 Å². The summed E-state index contributed by atoms with van der Waals surface area (Å²) in [5.74, 6) is 0. The molecule has 2 rings (SSSR count). The number of pyridine rings is 1. The number of nitrogens with zero attached hydrogens (tertiary/aromatic N) is 1. The standard InChI is InChI=1S/C11H15BrN2O/c1-8-7-9(4-6-15-8)14-10-3-2-5-13-11(10)12/h2-3,5,8-9,14H,4,6-7H2,1H3.